The molecule has 5 heteroatoms. The third-order valence-electron chi connectivity index (χ3n) is 3.05. The molecule has 0 spiro atoms. The summed E-state index contributed by atoms with van der Waals surface area (Å²) >= 11 is 4.99. The van der Waals surface area contributed by atoms with Crippen molar-refractivity contribution in [3.8, 4) is 0 Å². The molecule has 1 rings (SSSR count). The van der Waals surface area contributed by atoms with Gasteiger partial charge in [0.1, 0.15) is 4.99 Å². The second-order valence-electron chi connectivity index (χ2n) is 5.02. The number of hydrogen-bond donors (Lipinski definition) is 2. The van der Waals surface area contributed by atoms with Crippen molar-refractivity contribution in [3.05, 3.63) is 29.8 Å². The SMILES string of the molecule is CCCN(CC(=O)Nc1ccccc1C(N)=S)C(C)C. The maximum atomic E-state index is 12.1. The van der Waals surface area contributed by atoms with Gasteiger partial charge in [-0.3, -0.25) is 9.69 Å². The average molecular weight is 293 g/mol. The number of nitrogens with zero attached hydrogens (tertiary/aromatic N) is 1. The first kappa shape index (κ1) is 16.6. The van der Waals surface area contributed by atoms with Gasteiger partial charge in [0, 0.05) is 11.6 Å². The highest BCUT2D eigenvalue weighted by Gasteiger charge is 2.14. The zero-order chi connectivity index (χ0) is 15.1. The number of carbonyl (C=O) groups excluding carboxylic acids is 1. The Morgan fingerprint density at radius 3 is 2.60 bits per heavy atom. The molecule has 0 radical (unpaired) electrons. The normalized spacial score (nSPS) is 10.8. The third-order valence-corrected chi connectivity index (χ3v) is 3.27. The molecule has 4 nitrogen and oxygen atoms in total. The molecule has 3 N–H and O–H groups in total. The summed E-state index contributed by atoms with van der Waals surface area (Å²) in [5, 5.41) is 2.89. The van der Waals surface area contributed by atoms with Crippen molar-refractivity contribution in [2.24, 2.45) is 5.73 Å². The van der Waals surface area contributed by atoms with E-state index in [1.165, 1.54) is 0 Å². The molecule has 0 atom stereocenters. The number of anilines is 1. The van der Waals surface area contributed by atoms with Crippen molar-refractivity contribution in [2.75, 3.05) is 18.4 Å². The molecule has 0 unspecified atom stereocenters. The molecule has 0 saturated heterocycles. The second kappa shape index (κ2) is 7.97. The van der Waals surface area contributed by atoms with Gasteiger partial charge in [0.25, 0.3) is 0 Å². The number of amides is 1. The van der Waals surface area contributed by atoms with Gasteiger partial charge in [0.15, 0.2) is 0 Å². The quantitative estimate of drug-likeness (QED) is 0.758. The predicted molar refractivity (Wildman–Crippen MR) is 88.0 cm³/mol. The van der Waals surface area contributed by atoms with Gasteiger partial charge in [-0.25, -0.2) is 0 Å². The van der Waals surface area contributed by atoms with Crippen LogP contribution in [-0.2, 0) is 4.79 Å². The molecule has 0 bridgehead atoms. The van der Waals surface area contributed by atoms with E-state index in [4.69, 9.17) is 18.0 Å². The summed E-state index contributed by atoms with van der Waals surface area (Å²) in [4.78, 5) is 14.6. The van der Waals surface area contributed by atoms with Crippen molar-refractivity contribution >= 4 is 28.8 Å². The largest absolute Gasteiger partial charge is 0.389 e. The fourth-order valence-corrected chi connectivity index (χ4v) is 2.17. The second-order valence-corrected chi connectivity index (χ2v) is 5.46. The van der Waals surface area contributed by atoms with E-state index < -0.39 is 0 Å². The van der Waals surface area contributed by atoms with Crippen molar-refractivity contribution in [1.82, 2.24) is 4.90 Å². The van der Waals surface area contributed by atoms with Crippen LogP contribution in [-0.4, -0.2) is 34.9 Å². The predicted octanol–water partition coefficient (Wildman–Crippen LogP) is 2.38. The molecule has 0 aromatic heterocycles. The van der Waals surface area contributed by atoms with E-state index in [1.54, 1.807) is 0 Å². The lowest BCUT2D eigenvalue weighted by molar-refractivity contribution is -0.117. The van der Waals surface area contributed by atoms with Crippen molar-refractivity contribution in [2.45, 2.75) is 33.2 Å². The number of para-hydroxylation sites is 1. The molecule has 1 amide bonds. The number of thiocarbonyl (C=S) groups is 1. The van der Waals surface area contributed by atoms with Crippen LogP contribution in [0, 0.1) is 0 Å². The number of carbonyl (C=O) groups is 1. The molecule has 1 aromatic rings. The number of benzene rings is 1. The fourth-order valence-electron chi connectivity index (χ4n) is 1.99. The van der Waals surface area contributed by atoms with E-state index in [1.807, 2.05) is 24.3 Å². The minimum atomic E-state index is -0.0455. The van der Waals surface area contributed by atoms with Gasteiger partial charge in [-0.05, 0) is 38.9 Å². The lowest BCUT2D eigenvalue weighted by Gasteiger charge is -2.25. The van der Waals surface area contributed by atoms with Crippen LogP contribution in [0.3, 0.4) is 0 Å². The molecule has 0 fully saturated rings. The first-order valence-corrected chi connectivity index (χ1v) is 7.29. The van der Waals surface area contributed by atoms with Gasteiger partial charge >= 0.3 is 0 Å². The van der Waals surface area contributed by atoms with Crippen molar-refractivity contribution < 1.29 is 4.79 Å². The van der Waals surface area contributed by atoms with Crippen LogP contribution in [0.5, 0.6) is 0 Å². The van der Waals surface area contributed by atoms with Crippen molar-refractivity contribution in [1.29, 1.82) is 0 Å². The van der Waals surface area contributed by atoms with Gasteiger partial charge in [0.2, 0.25) is 5.91 Å². The fraction of sp³-hybridized carbons (Fsp3) is 0.467. The zero-order valence-corrected chi connectivity index (χ0v) is 13.2. The van der Waals surface area contributed by atoms with Gasteiger partial charge in [-0.2, -0.15) is 0 Å². The minimum absolute atomic E-state index is 0.0455. The monoisotopic (exact) mass is 293 g/mol. The number of nitrogens with two attached hydrogens (primary N) is 1. The van der Waals surface area contributed by atoms with E-state index in [-0.39, 0.29) is 10.9 Å². The van der Waals surface area contributed by atoms with Crippen LogP contribution in [0.15, 0.2) is 24.3 Å². The van der Waals surface area contributed by atoms with Crippen LogP contribution < -0.4 is 11.1 Å². The minimum Gasteiger partial charge on any atom is -0.389 e. The summed E-state index contributed by atoms with van der Waals surface area (Å²) in [5.41, 5.74) is 7.03. The molecular weight excluding hydrogens is 270 g/mol. The summed E-state index contributed by atoms with van der Waals surface area (Å²) in [5.74, 6) is -0.0455. The molecule has 0 saturated carbocycles. The Balaban J connectivity index is 2.73. The standard InChI is InChI=1S/C15H23N3OS/c1-4-9-18(11(2)3)10-14(19)17-13-8-6-5-7-12(13)15(16)20/h5-8,11H,4,9-10H2,1-3H3,(H2,16,20)(H,17,19). The maximum Gasteiger partial charge on any atom is 0.238 e. The smallest absolute Gasteiger partial charge is 0.238 e. The van der Waals surface area contributed by atoms with Gasteiger partial charge in [0.05, 0.1) is 12.2 Å². The Hall–Kier alpha value is -1.46. The molecule has 1 aromatic carbocycles. The van der Waals surface area contributed by atoms with Gasteiger partial charge in [-0.1, -0.05) is 31.3 Å². The highest BCUT2D eigenvalue weighted by atomic mass is 32.1. The Morgan fingerprint density at radius 2 is 2.05 bits per heavy atom. The van der Waals surface area contributed by atoms with E-state index in [9.17, 15) is 4.79 Å². The summed E-state index contributed by atoms with van der Waals surface area (Å²) in [7, 11) is 0. The van der Waals surface area contributed by atoms with Crippen LogP contribution in [0.1, 0.15) is 32.8 Å². The lowest BCUT2D eigenvalue weighted by atomic mass is 10.1. The molecular formula is C15H23N3OS. The van der Waals surface area contributed by atoms with Crippen molar-refractivity contribution in [3.63, 3.8) is 0 Å². The summed E-state index contributed by atoms with van der Waals surface area (Å²) in [6, 6.07) is 7.66. The van der Waals surface area contributed by atoms with Crippen LogP contribution in [0.25, 0.3) is 0 Å². The summed E-state index contributed by atoms with van der Waals surface area (Å²) < 4.78 is 0. The van der Waals surface area contributed by atoms with E-state index in [2.05, 4.69) is 31.0 Å². The Labute approximate surface area is 126 Å². The van der Waals surface area contributed by atoms with E-state index in [0.29, 0.717) is 23.8 Å². The highest BCUT2D eigenvalue weighted by molar-refractivity contribution is 7.80. The molecule has 0 heterocycles. The first-order valence-electron chi connectivity index (χ1n) is 6.88. The lowest BCUT2D eigenvalue weighted by Crippen LogP contribution is -2.38. The van der Waals surface area contributed by atoms with Crippen LogP contribution in [0.2, 0.25) is 0 Å². The maximum absolute atomic E-state index is 12.1. The summed E-state index contributed by atoms with van der Waals surface area (Å²) in [6.45, 7) is 7.56. The summed E-state index contributed by atoms with van der Waals surface area (Å²) in [6.07, 6.45) is 1.02. The van der Waals surface area contributed by atoms with Crippen LogP contribution >= 0.6 is 12.2 Å². The van der Waals surface area contributed by atoms with Crippen LogP contribution in [0.4, 0.5) is 5.69 Å². The molecule has 20 heavy (non-hydrogen) atoms. The number of nitrogens with one attached hydrogen (secondary N) is 1. The molecule has 0 aliphatic rings. The number of hydrogen-bond acceptors (Lipinski definition) is 3. The Kier molecular flexibility index (Phi) is 6.61. The Morgan fingerprint density at radius 1 is 1.40 bits per heavy atom. The van der Waals surface area contributed by atoms with Gasteiger partial charge in [-0.15, -0.1) is 0 Å². The third kappa shape index (κ3) is 4.90. The first-order chi connectivity index (χ1) is 9.45. The van der Waals surface area contributed by atoms with E-state index in [0.717, 1.165) is 13.0 Å². The molecule has 110 valence electrons. The molecule has 0 aliphatic heterocycles. The average Bonchev–Trinajstić information content (AvgIpc) is 2.38. The van der Waals surface area contributed by atoms with E-state index >= 15 is 0 Å². The topological polar surface area (TPSA) is 58.4 Å². The van der Waals surface area contributed by atoms with Gasteiger partial charge < -0.3 is 11.1 Å². The number of rotatable bonds is 7. The zero-order valence-electron chi connectivity index (χ0n) is 12.3. The highest BCUT2D eigenvalue weighted by Crippen LogP contribution is 2.15. The Bertz CT molecular complexity index is 474. The molecule has 0 aliphatic carbocycles.